The summed E-state index contributed by atoms with van der Waals surface area (Å²) in [6, 6.07) is 7.19. The number of benzene rings is 1. The molecule has 7 heteroatoms. The zero-order valence-corrected chi connectivity index (χ0v) is 14.2. The van der Waals surface area contributed by atoms with Crippen molar-refractivity contribution < 1.29 is 9.53 Å². The van der Waals surface area contributed by atoms with E-state index in [0.29, 0.717) is 17.3 Å². The van der Waals surface area contributed by atoms with Gasteiger partial charge in [-0.2, -0.15) is 11.8 Å². The summed E-state index contributed by atoms with van der Waals surface area (Å²) < 4.78 is 5.65. The second-order valence-electron chi connectivity index (χ2n) is 4.77. The number of hydrogen-bond donors (Lipinski definition) is 0. The van der Waals surface area contributed by atoms with Gasteiger partial charge in [0, 0.05) is 35.0 Å². The van der Waals surface area contributed by atoms with Crippen molar-refractivity contribution in [1.29, 1.82) is 0 Å². The molecule has 1 aliphatic heterocycles. The van der Waals surface area contributed by atoms with Crippen LogP contribution in [0.5, 0.6) is 5.75 Å². The molecule has 1 fully saturated rings. The van der Waals surface area contributed by atoms with Gasteiger partial charge in [0.05, 0.1) is 0 Å². The summed E-state index contributed by atoms with van der Waals surface area (Å²) in [7, 11) is 0. The van der Waals surface area contributed by atoms with Crippen molar-refractivity contribution in [2.24, 2.45) is 0 Å². The average Bonchev–Trinajstić information content (AvgIpc) is 3.03. The molecule has 1 aromatic heterocycles. The third-order valence-corrected chi connectivity index (χ3v) is 5.26. The predicted molar refractivity (Wildman–Crippen MR) is 91.1 cm³/mol. The van der Waals surface area contributed by atoms with Crippen LogP contribution in [-0.2, 0) is 6.61 Å². The van der Waals surface area contributed by atoms with E-state index in [1.165, 1.54) is 11.3 Å². The molecule has 2 heterocycles. The van der Waals surface area contributed by atoms with Gasteiger partial charge in [0.25, 0.3) is 5.91 Å². The Balaban J connectivity index is 1.58. The molecule has 0 atom stereocenters. The topological polar surface area (TPSA) is 42.4 Å². The lowest BCUT2D eigenvalue weighted by Gasteiger charge is -2.25. The van der Waals surface area contributed by atoms with Crippen molar-refractivity contribution in [3.63, 3.8) is 0 Å². The van der Waals surface area contributed by atoms with Gasteiger partial charge in [-0.15, -0.1) is 11.3 Å². The zero-order chi connectivity index (χ0) is 15.4. The molecule has 0 N–H and O–H groups in total. The van der Waals surface area contributed by atoms with Crippen LogP contribution in [0.25, 0.3) is 0 Å². The molecular formula is C15H15ClN2O2S2. The first-order valence-corrected chi connectivity index (χ1v) is 9.33. The number of hydrogen-bond acceptors (Lipinski definition) is 5. The first-order chi connectivity index (χ1) is 10.7. The van der Waals surface area contributed by atoms with Gasteiger partial charge >= 0.3 is 0 Å². The second kappa shape index (κ2) is 7.35. The van der Waals surface area contributed by atoms with Crippen LogP contribution in [0.1, 0.15) is 15.5 Å². The van der Waals surface area contributed by atoms with E-state index in [1.807, 2.05) is 34.2 Å². The van der Waals surface area contributed by atoms with Crippen molar-refractivity contribution in [3.05, 3.63) is 45.4 Å². The molecule has 1 aliphatic rings. The van der Waals surface area contributed by atoms with E-state index >= 15 is 0 Å². The molecule has 1 aromatic carbocycles. The van der Waals surface area contributed by atoms with Crippen molar-refractivity contribution in [2.75, 3.05) is 24.6 Å². The summed E-state index contributed by atoms with van der Waals surface area (Å²) in [6.07, 6.45) is 0. The predicted octanol–water partition coefficient (Wildman–Crippen LogP) is 3.56. The molecule has 22 heavy (non-hydrogen) atoms. The number of aromatic nitrogens is 1. The minimum Gasteiger partial charge on any atom is -0.486 e. The minimum absolute atomic E-state index is 0.0225. The number of carbonyl (C=O) groups is 1. The molecule has 116 valence electrons. The van der Waals surface area contributed by atoms with Crippen molar-refractivity contribution >= 4 is 40.6 Å². The van der Waals surface area contributed by atoms with Crippen LogP contribution in [0.3, 0.4) is 0 Å². The maximum atomic E-state index is 12.3. The molecule has 3 rings (SSSR count). The monoisotopic (exact) mass is 354 g/mol. The Labute approximate surface area is 142 Å². The van der Waals surface area contributed by atoms with E-state index in [-0.39, 0.29) is 5.91 Å². The molecule has 2 aromatic rings. The third kappa shape index (κ3) is 3.94. The fraction of sp³-hybridized carbons (Fsp3) is 0.333. The summed E-state index contributed by atoms with van der Waals surface area (Å²) in [5.41, 5.74) is 0.520. The van der Waals surface area contributed by atoms with Crippen molar-refractivity contribution in [3.8, 4) is 5.75 Å². The fourth-order valence-corrected chi connectivity index (χ4v) is 3.79. The van der Waals surface area contributed by atoms with Gasteiger partial charge in [0.15, 0.2) is 0 Å². The first-order valence-electron chi connectivity index (χ1n) is 6.92. The summed E-state index contributed by atoms with van der Waals surface area (Å²) in [6.45, 7) is 1.96. The number of thioether (sulfide) groups is 1. The van der Waals surface area contributed by atoms with Crippen molar-refractivity contribution in [2.45, 2.75) is 6.61 Å². The minimum atomic E-state index is 0.0225. The maximum Gasteiger partial charge on any atom is 0.273 e. The summed E-state index contributed by atoms with van der Waals surface area (Å²) in [5.74, 6) is 2.76. The number of carbonyl (C=O) groups excluding carboxylic acids is 1. The fourth-order valence-electron chi connectivity index (χ4n) is 2.08. The van der Waals surface area contributed by atoms with Gasteiger partial charge in [-0.05, 0) is 24.3 Å². The highest BCUT2D eigenvalue weighted by atomic mass is 35.5. The second-order valence-corrected chi connectivity index (χ2v) is 7.38. The largest absolute Gasteiger partial charge is 0.486 e. The normalized spacial score (nSPS) is 14.9. The van der Waals surface area contributed by atoms with Gasteiger partial charge in [-0.3, -0.25) is 4.79 Å². The third-order valence-electron chi connectivity index (χ3n) is 3.25. The lowest BCUT2D eigenvalue weighted by molar-refractivity contribution is 0.0767. The van der Waals surface area contributed by atoms with E-state index in [0.717, 1.165) is 35.4 Å². The molecule has 4 nitrogen and oxygen atoms in total. The molecule has 0 aliphatic carbocycles. The van der Waals surface area contributed by atoms with E-state index in [1.54, 1.807) is 12.1 Å². The smallest absolute Gasteiger partial charge is 0.273 e. The number of ether oxygens (including phenoxy) is 1. The molecule has 0 unspecified atom stereocenters. The SMILES string of the molecule is O=C(c1csc(COc2ccc(Cl)cc2)n1)N1CCSCC1. The number of nitrogens with zero attached hydrogens (tertiary/aromatic N) is 2. The molecule has 0 bridgehead atoms. The van der Waals surface area contributed by atoms with Crippen LogP contribution in [0.4, 0.5) is 0 Å². The molecular weight excluding hydrogens is 340 g/mol. The average molecular weight is 355 g/mol. The standard InChI is InChI=1S/C15H15ClN2O2S2/c16-11-1-3-12(4-2-11)20-9-14-17-13(10-22-14)15(19)18-5-7-21-8-6-18/h1-4,10H,5-9H2. The highest BCUT2D eigenvalue weighted by Gasteiger charge is 2.20. The maximum absolute atomic E-state index is 12.3. The lowest BCUT2D eigenvalue weighted by atomic mass is 10.3. The Morgan fingerprint density at radius 2 is 2.00 bits per heavy atom. The Morgan fingerprint density at radius 3 is 2.73 bits per heavy atom. The van der Waals surface area contributed by atoms with E-state index in [4.69, 9.17) is 16.3 Å². The van der Waals surface area contributed by atoms with Gasteiger partial charge in [0.1, 0.15) is 23.1 Å². The summed E-state index contributed by atoms with van der Waals surface area (Å²) in [4.78, 5) is 18.6. The number of halogens is 1. The highest BCUT2D eigenvalue weighted by molar-refractivity contribution is 7.99. The molecule has 0 radical (unpaired) electrons. The van der Waals surface area contributed by atoms with Crippen LogP contribution in [0, 0.1) is 0 Å². The van der Waals surface area contributed by atoms with Crippen molar-refractivity contribution in [1.82, 2.24) is 9.88 Å². The lowest BCUT2D eigenvalue weighted by Crippen LogP contribution is -2.38. The summed E-state index contributed by atoms with van der Waals surface area (Å²) >= 11 is 9.16. The van der Waals surface area contributed by atoms with Crippen LogP contribution < -0.4 is 4.74 Å². The molecule has 1 amide bonds. The molecule has 0 spiro atoms. The first kappa shape index (κ1) is 15.6. The van der Waals surface area contributed by atoms with Gasteiger partial charge in [-0.25, -0.2) is 4.98 Å². The Bertz CT molecular complexity index is 639. The van der Waals surface area contributed by atoms with Gasteiger partial charge in [-0.1, -0.05) is 11.6 Å². The van der Waals surface area contributed by atoms with Gasteiger partial charge in [0.2, 0.25) is 0 Å². The number of thiazole rings is 1. The quantitative estimate of drug-likeness (QED) is 0.841. The number of amides is 1. The highest BCUT2D eigenvalue weighted by Crippen LogP contribution is 2.19. The summed E-state index contributed by atoms with van der Waals surface area (Å²) in [5, 5.41) is 3.28. The Morgan fingerprint density at radius 1 is 1.27 bits per heavy atom. The van der Waals surface area contributed by atoms with Crippen LogP contribution in [-0.4, -0.2) is 40.4 Å². The molecule has 0 saturated carbocycles. The van der Waals surface area contributed by atoms with E-state index < -0.39 is 0 Å². The number of rotatable bonds is 4. The molecule has 1 saturated heterocycles. The van der Waals surface area contributed by atoms with E-state index in [9.17, 15) is 4.79 Å². The van der Waals surface area contributed by atoms with Crippen LogP contribution in [0.2, 0.25) is 5.02 Å². The Hall–Kier alpha value is -1.24. The van der Waals surface area contributed by atoms with Crippen LogP contribution in [0.15, 0.2) is 29.6 Å². The Kier molecular flexibility index (Phi) is 5.23. The van der Waals surface area contributed by atoms with Gasteiger partial charge < -0.3 is 9.64 Å². The van der Waals surface area contributed by atoms with E-state index in [2.05, 4.69) is 4.98 Å². The van der Waals surface area contributed by atoms with Crippen LogP contribution >= 0.6 is 34.7 Å². The zero-order valence-electron chi connectivity index (χ0n) is 11.8.